The molecular weight excluding hydrogens is 332 g/mol. The fourth-order valence-electron chi connectivity index (χ4n) is 3.01. The van der Waals surface area contributed by atoms with Crippen molar-refractivity contribution in [1.82, 2.24) is 20.4 Å². The Morgan fingerprint density at radius 3 is 2.54 bits per heavy atom. The number of nitrogens with one attached hydrogen (secondary N) is 1. The Morgan fingerprint density at radius 2 is 1.88 bits per heavy atom. The van der Waals surface area contributed by atoms with E-state index in [1.807, 2.05) is 26.8 Å². The molecule has 0 radical (unpaired) electrons. The number of likely N-dealkylation sites (tertiary alicyclic amines) is 1. The molecule has 0 bridgehead atoms. The van der Waals surface area contributed by atoms with Crippen molar-refractivity contribution in [2.24, 2.45) is 5.92 Å². The van der Waals surface area contributed by atoms with Crippen LogP contribution >= 0.6 is 0 Å². The maximum Gasteiger partial charge on any atom is 0.287 e. The van der Waals surface area contributed by atoms with Gasteiger partial charge in [0, 0.05) is 5.92 Å². The van der Waals surface area contributed by atoms with E-state index in [0.29, 0.717) is 17.5 Å². The number of aromatic nitrogens is 2. The molecule has 1 aliphatic heterocycles. The number of carbonyl (C=O) groups excluding carboxylic acids is 1. The van der Waals surface area contributed by atoms with Crippen LogP contribution in [-0.4, -0.2) is 34.1 Å². The first-order valence-electron chi connectivity index (χ1n) is 9.37. The largest absolute Gasteiger partial charge is 0.455 e. The molecule has 2 aromatic heterocycles. The first-order valence-corrected chi connectivity index (χ1v) is 9.37. The highest BCUT2D eigenvalue weighted by Gasteiger charge is 2.21. The third kappa shape index (κ3) is 4.52. The number of hydrogen-bond donors (Lipinski definition) is 1. The molecule has 1 fully saturated rings. The molecule has 7 nitrogen and oxygen atoms in total. The van der Waals surface area contributed by atoms with E-state index in [0.717, 1.165) is 31.3 Å². The SMILES string of the molecule is CC1CCN(Cc2ccc(C(=O)N[C@@H](C)c3nnc(C(C)C)o3)o2)CC1. The molecule has 3 heterocycles. The smallest absolute Gasteiger partial charge is 0.287 e. The molecule has 0 saturated carbocycles. The van der Waals surface area contributed by atoms with Gasteiger partial charge in [0.2, 0.25) is 11.8 Å². The summed E-state index contributed by atoms with van der Waals surface area (Å²) in [5.41, 5.74) is 0. The lowest BCUT2D eigenvalue weighted by atomic mass is 9.99. The van der Waals surface area contributed by atoms with E-state index in [4.69, 9.17) is 8.83 Å². The second-order valence-electron chi connectivity index (χ2n) is 7.55. The Balaban J connectivity index is 1.55. The zero-order chi connectivity index (χ0) is 18.7. The summed E-state index contributed by atoms with van der Waals surface area (Å²) < 4.78 is 11.3. The number of piperidine rings is 1. The van der Waals surface area contributed by atoms with E-state index in [1.54, 1.807) is 6.07 Å². The van der Waals surface area contributed by atoms with Gasteiger partial charge >= 0.3 is 0 Å². The normalized spacial score (nSPS) is 17.6. The fraction of sp³-hybridized carbons (Fsp3) is 0.632. The van der Waals surface area contributed by atoms with E-state index < -0.39 is 0 Å². The predicted octanol–water partition coefficient (Wildman–Crippen LogP) is 3.51. The Bertz CT molecular complexity index is 729. The van der Waals surface area contributed by atoms with Crippen LogP contribution in [-0.2, 0) is 6.54 Å². The van der Waals surface area contributed by atoms with Gasteiger partial charge in [-0.25, -0.2) is 0 Å². The van der Waals surface area contributed by atoms with Gasteiger partial charge in [0.15, 0.2) is 5.76 Å². The number of amides is 1. The zero-order valence-corrected chi connectivity index (χ0v) is 16.0. The Labute approximate surface area is 154 Å². The Kier molecular flexibility index (Phi) is 5.76. The molecule has 26 heavy (non-hydrogen) atoms. The van der Waals surface area contributed by atoms with Gasteiger partial charge < -0.3 is 14.2 Å². The highest BCUT2D eigenvalue weighted by Crippen LogP contribution is 2.20. The van der Waals surface area contributed by atoms with Crippen LogP contribution in [0.4, 0.5) is 0 Å². The average molecular weight is 360 g/mol. The molecule has 0 spiro atoms. The minimum Gasteiger partial charge on any atom is -0.455 e. The van der Waals surface area contributed by atoms with Crippen molar-refractivity contribution >= 4 is 5.91 Å². The number of hydrogen-bond acceptors (Lipinski definition) is 6. The Hall–Kier alpha value is -2.15. The van der Waals surface area contributed by atoms with E-state index in [-0.39, 0.29) is 17.9 Å². The quantitative estimate of drug-likeness (QED) is 0.848. The van der Waals surface area contributed by atoms with Crippen LogP contribution in [0.1, 0.15) is 80.6 Å². The number of carbonyl (C=O) groups is 1. The van der Waals surface area contributed by atoms with Crippen LogP contribution in [0.15, 0.2) is 21.0 Å². The minimum absolute atomic E-state index is 0.157. The van der Waals surface area contributed by atoms with Gasteiger partial charge in [-0.2, -0.15) is 0 Å². The van der Waals surface area contributed by atoms with Gasteiger partial charge in [-0.1, -0.05) is 20.8 Å². The van der Waals surface area contributed by atoms with Crippen molar-refractivity contribution in [3.8, 4) is 0 Å². The first kappa shape index (κ1) is 18.6. The van der Waals surface area contributed by atoms with E-state index in [2.05, 4.69) is 27.3 Å². The predicted molar refractivity (Wildman–Crippen MR) is 96.7 cm³/mol. The minimum atomic E-state index is -0.375. The highest BCUT2D eigenvalue weighted by atomic mass is 16.4. The molecule has 1 N–H and O–H groups in total. The van der Waals surface area contributed by atoms with Gasteiger partial charge in [-0.15, -0.1) is 10.2 Å². The molecule has 0 unspecified atom stereocenters. The third-order valence-corrected chi connectivity index (χ3v) is 4.81. The molecule has 1 atom stereocenters. The second-order valence-corrected chi connectivity index (χ2v) is 7.55. The third-order valence-electron chi connectivity index (χ3n) is 4.81. The molecule has 1 aliphatic rings. The van der Waals surface area contributed by atoms with Crippen LogP contribution in [0.5, 0.6) is 0 Å². The fourth-order valence-corrected chi connectivity index (χ4v) is 3.01. The lowest BCUT2D eigenvalue weighted by Crippen LogP contribution is -2.32. The lowest BCUT2D eigenvalue weighted by Gasteiger charge is -2.29. The summed E-state index contributed by atoms with van der Waals surface area (Å²) in [6.07, 6.45) is 2.43. The van der Waals surface area contributed by atoms with Crippen LogP contribution in [0.2, 0.25) is 0 Å². The van der Waals surface area contributed by atoms with Crippen molar-refractivity contribution in [2.75, 3.05) is 13.1 Å². The molecule has 1 amide bonds. The summed E-state index contributed by atoms with van der Waals surface area (Å²) in [4.78, 5) is 14.8. The summed E-state index contributed by atoms with van der Waals surface area (Å²) in [6.45, 7) is 11.0. The maximum atomic E-state index is 12.4. The zero-order valence-electron chi connectivity index (χ0n) is 16.0. The van der Waals surface area contributed by atoms with Crippen LogP contribution in [0.25, 0.3) is 0 Å². The molecule has 142 valence electrons. The molecule has 7 heteroatoms. The molecule has 0 aliphatic carbocycles. The van der Waals surface area contributed by atoms with Crippen LogP contribution < -0.4 is 5.32 Å². The molecule has 1 saturated heterocycles. The summed E-state index contributed by atoms with van der Waals surface area (Å²) in [5, 5.41) is 10.8. The summed E-state index contributed by atoms with van der Waals surface area (Å²) in [6, 6.07) is 3.22. The van der Waals surface area contributed by atoms with Gasteiger partial charge in [0.1, 0.15) is 11.8 Å². The molecule has 3 rings (SSSR count). The van der Waals surface area contributed by atoms with Crippen molar-refractivity contribution in [3.63, 3.8) is 0 Å². The monoisotopic (exact) mass is 360 g/mol. The van der Waals surface area contributed by atoms with Gasteiger partial charge in [0.25, 0.3) is 5.91 Å². The van der Waals surface area contributed by atoms with E-state index in [9.17, 15) is 4.79 Å². The molecule has 0 aromatic carbocycles. The molecule has 2 aromatic rings. The van der Waals surface area contributed by atoms with E-state index in [1.165, 1.54) is 12.8 Å². The average Bonchev–Trinajstić information content (AvgIpc) is 3.26. The molecular formula is C19H28N4O3. The number of nitrogens with zero attached hydrogens (tertiary/aromatic N) is 3. The van der Waals surface area contributed by atoms with Crippen molar-refractivity contribution in [1.29, 1.82) is 0 Å². The highest BCUT2D eigenvalue weighted by molar-refractivity contribution is 5.91. The van der Waals surface area contributed by atoms with Gasteiger partial charge in [-0.05, 0) is 50.9 Å². The van der Waals surface area contributed by atoms with E-state index >= 15 is 0 Å². The van der Waals surface area contributed by atoms with Crippen molar-refractivity contribution in [2.45, 2.75) is 59.0 Å². The van der Waals surface area contributed by atoms with Crippen LogP contribution in [0.3, 0.4) is 0 Å². The summed E-state index contributed by atoms with van der Waals surface area (Å²) in [5.74, 6) is 2.77. The first-order chi connectivity index (χ1) is 12.4. The lowest BCUT2D eigenvalue weighted by molar-refractivity contribution is 0.0900. The van der Waals surface area contributed by atoms with Gasteiger partial charge in [0.05, 0.1) is 6.54 Å². The Morgan fingerprint density at radius 1 is 1.19 bits per heavy atom. The number of rotatable bonds is 6. The second kappa shape index (κ2) is 8.03. The van der Waals surface area contributed by atoms with Gasteiger partial charge in [-0.3, -0.25) is 9.69 Å². The van der Waals surface area contributed by atoms with Crippen molar-refractivity contribution in [3.05, 3.63) is 35.4 Å². The topological polar surface area (TPSA) is 84.4 Å². The maximum absolute atomic E-state index is 12.4. The van der Waals surface area contributed by atoms with Crippen LogP contribution in [0, 0.1) is 5.92 Å². The summed E-state index contributed by atoms with van der Waals surface area (Å²) >= 11 is 0. The number of furan rings is 1. The summed E-state index contributed by atoms with van der Waals surface area (Å²) in [7, 11) is 0. The standard InChI is InChI=1S/C19H28N4O3/c1-12(2)18-21-22-19(26-18)14(4)20-17(24)16-6-5-15(25-16)11-23-9-7-13(3)8-10-23/h5-6,12-14H,7-11H2,1-4H3,(H,20,24)/t14-/m0/s1. The van der Waals surface area contributed by atoms with Crippen molar-refractivity contribution < 1.29 is 13.6 Å².